The molecule has 212 valence electrons. The second kappa shape index (κ2) is 18.0. The summed E-state index contributed by atoms with van der Waals surface area (Å²) in [7, 11) is 0. The van der Waals surface area contributed by atoms with Crippen molar-refractivity contribution in [2.24, 2.45) is 0 Å². The highest BCUT2D eigenvalue weighted by molar-refractivity contribution is 6.18. The Morgan fingerprint density at radius 2 is 1.23 bits per heavy atom. The van der Waals surface area contributed by atoms with E-state index in [2.05, 4.69) is 17.9 Å². The maximum Gasteiger partial charge on any atom is 0.333 e. The number of phenolic OH excluding ortho intramolecular Hbond substituents is 1. The summed E-state index contributed by atoms with van der Waals surface area (Å²) in [6.07, 6.45) is 0. The van der Waals surface area contributed by atoms with Crippen molar-refractivity contribution in [3.8, 4) is 11.5 Å². The third-order valence-corrected chi connectivity index (χ3v) is 4.64. The quantitative estimate of drug-likeness (QED) is 0.0713. The first-order valence-electron chi connectivity index (χ1n) is 11.6. The predicted octanol–water partition coefficient (Wildman–Crippen LogP) is 4.49. The lowest BCUT2D eigenvalue weighted by Crippen LogP contribution is -2.13. The number of halogens is 1. The lowest BCUT2D eigenvalue weighted by Gasteiger charge is -2.11. The van der Waals surface area contributed by atoms with Crippen molar-refractivity contribution in [3.63, 3.8) is 0 Å². The summed E-state index contributed by atoms with van der Waals surface area (Å²) in [4.78, 5) is 43.8. The number of alkyl halides is 1. The van der Waals surface area contributed by atoms with Gasteiger partial charge in [-0.25, -0.2) is 9.59 Å². The van der Waals surface area contributed by atoms with Crippen LogP contribution < -0.4 is 16.2 Å². The minimum absolute atomic E-state index is 0.0438. The molecule has 0 heterocycles. The van der Waals surface area contributed by atoms with Crippen LogP contribution in [0.1, 0.15) is 48.4 Å². The van der Waals surface area contributed by atoms with Gasteiger partial charge in [0.1, 0.15) is 31.3 Å². The molecular weight excluding hydrogens is 528 g/mol. The van der Waals surface area contributed by atoms with Crippen LogP contribution in [0, 0.1) is 0 Å². The van der Waals surface area contributed by atoms with Crippen molar-refractivity contribution >= 4 is 46.5 Å². The van der Waals surface area contributed by atoms with Gasteiger partial charge in [0, 0.05) is 22.3 Å². The fourth-order valence-corrected chi connectivity index (χ4v) is 2.58. The Bertz CT molecular complexity index is 1190. The minimum atomic E-state index is -0.464. The highest BCUT2D eigenvalue weighted by Crippen LogP contribution is 2.25. The molecule has 0 amide bonds. The zero-order chi connectivity index (χ0) is 30.1. The molecule has 0 saturated heterocycles. The zero-order valence-corrected chi connectivity index (χ0v) is 23.3. The number of ketones is 2. The van der Waals surface area contributed by atoms with Gasteiger partial charge in [0.15, 0.2) is 11.6 Å². The average molecular weight is 563 g/mol. The number of esters is 2. The second-order valence-electron chi connectivity index (χ2n) is 7.94. The third-order valence-electron chi connectivity index (χ3n) is 4.49. The molecular formula is C28H35ClN2O8. The lowest BCUT2D eigenvalue weighted by molar-refractivity contribution is -0.140. The van der Waals surface area contributed by atoms with Gasteiger partial charge in [-0.3, -0.25) is 9.59 Å². The van der Waals surface area contributed by atoms with Crippen LogP contribution in [0.4, 0.5) is 11.4 Å². The molecule has 2 aromatic carbocycles. The molecule has 11 heteroatoms. The number of ether oxygens (including phenoxy) is 3. The monoisotopic (exact) mass is 562 g/mol. The standard InChI is InChI=1S/C14H17NO4.C8H9NO2.C6H9ClO2/c1-9(2)14(17)19-8-7-18-12-6-4-5-11(10(3)16)13(12)15;1-5(10)6-3-2-4-7(11)8(6)9;1-5(2)6(8)9-4-3-7/h4-6H,1,7-8,15H2,2-3H3;2-4,11H,9H2,1H3;1,3-4H2,2H3. The first kappa shape index (κ1) is 34.7. The van der Waals surface area contributed by atoms with Crippen LogP contribution in [0.3, 0.4) is 0 Å². The number of nitrogen functional groups attached to an aromatic ring is 2. The maximum absolute atomic E-state index is 11.3. The van der Waals surface area contributed by atoms with Crippen LogP contribution in [0.2, 0.25) is 0 Å². The topological polar surface area (TPSA) is 168 Å². The average Bonchev–Trinajstić information content (AvgIpc) is 2.87. The lowest BCUT2D eigenvalue weighted by atomic mass is 10.1. The van der Waals surface area contributed by atoms with E-state index in [0.717, 1.165) is 0 Å². The number of Topliss-reactive ketones (excluding diaryl/α,β-unsaturated/α-hetero) is 2. The summed E-state index contributed by atoms with van der Waals surface area (Å²) in [5, 5.41) is 9.07. The van der Waals surface area contributed by atoms with Gasteiger partial charge in [0.05, 0.1) is 17.3 Å². The van der Waals surface area contributed by atoms with E-state index in [9.17, 15) is 19.2 Å². The number of aromatic hydroxyl groups is 1. The molecule has 0 bridgehead atoms. The van der Waals surface area contributed by atoms with Crippen LogP contribution in [0.5, 0.6) is 11.5 Å². The molecule has 0 aliphatic heterocycles. The number of carbonyl (C=O) groups excluding carboxylic acids is 4. The first-order chi connectivity index (χ1) is 18.2. The van der Waals surface area contributed by atoms with E-state index in [-0.39, 0.29) is 48.8 Å². The second-order valence-corrected chi connectivity index (χ2v) is 8.32. The minimum Gasteiger partial charge on any atom is -0.506 e. The molecule has 5 N–H and O–H groups in total. The normalized spacial score (nSPS) is 9.46. The zero-order valence-electron chi connectivity index (χ0n) is 22.5. The molecule has 0 aromatic heterocycles. The Balaban J connectivity index is 0.000000612. The van der Waals surface area contributed by atoms with Gasteiger partial charge in [-0.1, -0.05) is 25.3 Å². The van der Waals surface area contributed by atoms with E-state index >= 15 is 0 Å². The van der Waals surface area contributed by atoms with Gasteiger partial charge < -0.3 is 30.8 Å². The van der Waals surface area contributed by atoms with Gasteiger partial charge in [-0.05, 0) is 52.0 Å². The Hall–Kier alpha value is -4.31. The molecule has 0 unspecified atom stereocenters. The first-order valence-corrected chi connectivity index (χ1v) is 12.1. The third kappa shape index (κ3) is 13.2. The van der Waals surface area contributed by atoms with Gasteiger partial charge in [0.25, 0.3) is 0 Å². The number of nitrogens with two attached hydrogens (primary N) is 2. The van der Waals surface area contributed by atoms with E-state index in [1.807, 2.05) is 0 Å². The molecule has 2 aromatic rings. The van der Waals surface area contributed by atoms with E-state index in [0.29, 0.717) is 39.6 Å². The molecule has 2 rings (SSSR count). The smallest absolute Gasteiger partial charge is 0.333 e. The van der Waals surface area contributed by atoms with Gasteiger partial charge in [0.2, 0.25) is 0 Å². The number of phenols is 1. The summed E-state index contributed by atoms with van der Waals surface area (Å²) in [5.41, 5.74) is 13.2. The van der Waals surface area contributed by atoms with E-state index in [1.165, 1.54) is 19.9 Å². The van der Waals surface area contributed by atoms with Crippen molar-refractivity contribution in [1.82, 2.24) is 0 Å². The number of hydrogen-bond donors (Lipinski definition) is 3. The SMILES string of the molecule is C=C(C)C(=O)OCCCl.C=C(C)C(=O)OCCOc1cccc(C(C)=O)c1N.CC(=O)c1cccc(O)c1N. The fraction of sp³-hybridized carbons (Fsp3) is 0.286. The Kier molecular flexibility index (Phi) is 16.0. The Labute approximate surface area is 233 Å². The highest BCUT2D eigenvalue weighted by Gasteiger charge is 2.10. The fourth-order valence-electron chi connectivity index (χ4n) is 2.50. The molecule has 0 radical (unpaired) electrons. The number of anilines is 2. The van der Waals surface area contributed by atoms with E-state index in [1.54, 1.807) is 44.2 Å². The number of para-hydroxylation sites is 2. The maximum atomic E-state index is 11.3. The molecule has 10 nitrogen and oxygen atoms in total. The van der Waals surface area contributed by atoms with E-state index in [4.69, 9.17) is 37.6 Å². The highest BCUT2D eigenvalue weighted by atomic mass is 35.5. The molecule has 0 spiro atoms. The van der Waals surface area contributed by atoms with Crippen molar-refractivity contribution in [2.75, 3.05) is 37.2 Å². The summed E-state index contributed by atoms with van der Waals surface area (Å²) < 4.78 is 14.8. The van der Waals surface area contributed by atoms with Crippen molar-refractivity contribution in [3.05, 3.63) is 71.8 Å². The number of benzene rings is 2. The molecule has 0 atom stereocenters. The molecule has 0 saturated carbocycles. The predicted molar refractivity (Wildman–Crippen MR) is 151 cm³/mol. The van der Waals surface area contributed by atoms with Gasteiger partial charge >= 0.3 is 11.9 Å². The molecule has 0 aliphatic rings. The van der Waals surface area contributed by atoms with Crippen LogP contribution in [-0.4, -0.2) is 54.3 Å². The molecule has 39 heavy (non-hydrogen) atoms. The van der Waals surface area contributed by atoms with Crippen molar-refractivity contribution in [2.45, 2.75) is 27.7 Å². The van der Waals surface area contributed by atoms with Crippen LogP contribution in [0.25, 0.3) is 0 Å². The summed E-state index contributed by atoms with van der Waals surface area (Å²) in [6.45, 7) is 13.4. The summed E-state index contributed by atoms with van der Waals surface area (Å²) in [5.74, 6) is -0.421. The van der Waals surface area contributed by atoms with Crippen LogP contribution >= 0.6 is 11.6 Å². The summed E-state index contributed by atoms with van der Waals surface area (Å²) >= 11 is 5.24. The van der Waals surface area contributed by atoms with Crippen LogP contribution in [0.15, 0.2) is 60.7 Å². The Morgan fingerprint density at radius 1 is 0.769 bits per heavy atom. The number of carbonyl (C=O) groups is 4. The van der Waals surface area contributed by atoms with E-state index < -0.39 is 5.97 Å². The molecule has 0 fully saturated rings. The largest absolute Gasteiger partial charge is 0.506 e. The van der Waals surface area contributed by atoms with Crippen molar-refractivity contribution in [1.29, 1.82) is 0 Å². The van der Waals surface area contributed by atoms with Crippen molar-refractivity contribution < 1.29 is 38.5 Å². The number of rotatable bonds is 10. The Morgan fingerprint density at radius 3 is 1.67 bits per heavy atom. The van der Waals surface area contributed by atoms with Gasteiger partial charge in [-0.2, -0.15) is 0 Å². The number of hydrogen-bond acceptors (Lipinski definition) is 10. The van der Waals surface area contributed by atoms with Crippen LogP contribution in [-0.2, 0) is 19.1 Å². The van der Waals surface area contributed by atoms with Gasteiger partial charge in [-0.15, -0.1) is 11.6 Å². The summed E-state index contributed by atoms with van der Waals surface area (Å²) in [6, 6.07) is 9.58. The molecule has 0 aliphatic carbocycles.